The number of halogens is 3. The topological polar surface area (TPSA) is 71.3 Å². The summed E-state index contributed by atoms with van der Waals surface area (Å²) in [6.07, 6.45) is -0.954. The number of fused-ring (bicyclic) bond motifs is 1. The minimum Gasteiger partial charge on any atom is -0.342 e. The molecule has 142 valence electrons. The van der Waals surface area contributed by atoms with Crippen molar-refractivity contribution < 1.29 is 22.8 Å². The third kappa shape index (κ3) is 3.16. The Hall–Kier alpha value is -2.13. The second-order valence-corrected chi connectivity index (χ2v) is 7.50. The van der Waals surface area contributed by atoms with Crippen LogP contribution in [0.15, 0.2) is 0 Å². The summed E-state index contributed by atoms with van der Waals surface area (Å²) in [5, 5.41) is 6.84. The van der Waals surface area contributed by atoms with E-state index < -0.39 is 12.0 Å². The Morgan fingerprint density at radius 1 is 1.15 bits per heavy atom. The molecule has 4 rings (SSSR count). The third-order valence-electron chi connectivity index (χ3n) is 5.54. The number of carbonyl (C=O) groups excluding carboxylic acids is 2. The molecule has 0 N–H and O–H groups in total. The molecule has 0 radical (unpaired) electrons. The van der Waals surface area contributed by atoms with Crippen LogP contribution in [-0.2, 0) is 28.9 Å². The highest BCUT2D eigenvalue weighted by Gasteiger charge is 2.48. The molecule has 0 atom stereocenters. The number of aromatic nitrogens is 3. The Balaban J connectivity index is 1.39. The van der Waals surface area contributed by atoms with Crippen LogP contribution >= 0.6 is 0 Å². The smallest absolute Gasteiger partial charge is 0.342 e. The number of nitrogens with zero attached hydrogens (tertiary/aromatic N) is 5. The summed E-state index contributed by atoms with van der Waals surface area (Å²) in [7, 11) is 0. The maximum atomic E-state index is 12.9. The van der Waals surface area contributed by atoms with Gasteiger partial charge in [-0.15, -0.1) is 10.2 Å². The van der Waals surface area contributed by atoms with Crippen molar-refractivity contribution in [3.63, 3.8) is 0 Å². The Kier molecular flexibility index (Phi) is 3.96. The summed E-state index contributed by atoms with van der Waals surface area (Å²) < 4.78 is 39.7. The number of carbonyl (C=O) groups is 2. The fourth-order valence-corrected chi connectivity index (χ4v) is 3.86. The second-order valence-electron chi connectivity index (χ2n) is 7.50. The molecule has 0 unspecified atom stereocenters. The molecule has 1 aromatic heterocycles. The summed E-state index contributed by atoms with van der Waals surface area (Å²) >= 11 is 0. The first-order chi connectivity index (χ1) is 12.3. The number of hydrogen-bond donors (Lipinski definition) is 0. The first-order valence-electron chi connectivity index (χ1n) is 8.82. The molecule has 26 heavy (non-hydrogen) atoms. The zero-order valence-electron chi connectivity index (χ0n) is 14.3. The van der Waals surface area contributed by atoms with E-state index in [1.54, 1.807) is 4.90 Å². The van der Waals surface area contributed by atoms with Gasteiger partial charge in [0.2, 0.25) is 17.6 Å². The van der Waals surface area contributed by atoms with Crippen LogP contribution in [-0.4, -0.2) is 56.0 Å². The van der Waals surface area contributed by atoms with E-state index in [9.17, 15) is 22.8 Å². The molecule has 2 aliphatic heterocycles. The minimum atomic E-state index is -4.54. The summed E-state index contributed by atoms with van der Waals surface area (Å²) in [5.41, 5.74) is -0.153. The molecular formula is C16H20F3N5O2. The number of hydrogen-bond acceptors (Lipinski definition) is 4. The Morgan fingerprint density at radius 3 is 2.54 bits per heavy atom. The molecule has 0 aromatic carbocycles. The first kappa shape index (κ1) is 17.3. The van der Waals surface area contributed by atoms with Gasteiger partial charge in [0, 0.05) is 39.0 Å². The summed E-state index contributed by atoms with van der Waals surface area (Å²) in [4.78, 5) is 27.9. The molecule has 1 saturated heterocycles. The van der Waals surface area contributed by atoms with Crippen LogP contribution in [0.5, 0.6) is 0 Å². The van der Waals surface area contributed by atoms with Crippen LogP contribution in [0, 0.1) is 5.41 Å². The normalized spacial score (nSPS) is 21.9. The fraction of sp³-hybridized carbons (Fsp3) is 0.750. The Morgan fingerprint density at radius 2 is 1.92 bits per heavy atom. The molecule has 3 heterocycles. The molecule has 1 aromatic rings. The minimum absolute atomic E-state index is 0.0422. The lowest BCUT2D eigenvalue weighted by Crippen LogP contribution is -2.41. The highest BCUT2D eigenvalue weighted by molar-refractivity contribution is 5.79. The van der Waals surface area contributed by atoms with Crippen molar-refractivity contribution in [3.05, 3.63) is 11.6 Å². The van der Waals surface area contributed by atoms with Crippen molar-refractivity contribution in [2.24, 2.45) is 5.41 Å². The lowest BCUT2D eigenvalue weighted by molar-refractivity contribution is -0.148. The predicted octanol–water partition coefficient (Wildman–Crippen LogP) is 1.43. The monoisotopic (exact) mass is 371 g/mol. The summed E-state index contributed by atoms with van der Waals surface area (Å²) in [6, 6.07) is 0. The molecule has 2 amide bonds. The van der Waals surface area contributed by atoms with Gasteiger partial charge in [-0.25, -0.2) is 0 Å². The van der Waals surface area contributed by atoms with Crippen LogP contribution in [0.2, 0.25) is 0 Å². The van der Waals surface area contributed by atoms with Gasteiger partial charge >= 0.3 is 6.18 Å². The molecule has 0 bridgehead atoms. The van der Waals surface area contributed by atoms with Gasteiger partial charge in [0.1, 0.15) is 0 Å². The van der Waals surface area contributed by atoms with Gasteiger partial charge in [-0.3, -0.25) is 9.59 Å². The number of alkyl halides is 3. The molecule has 0 spiro atoms. The highest BCUT2D eigenvalue weighted by Crippen LogP contribution is 2.50. The van der Waals surface area contributed by atoms with Gasteiger partial charge in [-0.05, 0) is 24.7 Å². The zero-order chi connectivity index (χ0) is 18.5. The molecule has 7 nitrogen and oxygen atoms in total. The highest BCUT2D eigenvalue weighted by atomic mass is 19.4. The molecule has 3 aliphatic rings. The van der Waals surface area contributed by atoms with Crippen molar-refractivity contribution in [2.75, 3.05) is 19.6 Å². The number of rotatable bonds is 4. The summed E-state index contributed by atoms with van der Waals surface area (Å²) in [6.45, 7) is 1.66. The number of likely N-dealkylation sites (tertiary alicyclic amines) is 1. The van der Waals surface area contributed by atoms with Crippen LogP contribution in [0.25, 0.3) is 0 Å². The van der Waals surface area contributed by atoms with Gasteiger partial charge in [-0.2, -0.15) is 13.2 Å². The number of amides is 2. The van der Waals surface area contributed by atoms with Gasteiger partial charge in [0.25, 0.3) is 0 Å². The van der Waals surface area contributed by atoms with Crippen molar-refractivity contribution in [1.29, 1.82) is 0 Å². The predicted molar refractivity (Wildman–Crippen MR) is 82.5 cm³/mol. The van der Waals surface area contributed by atoms with E-state index in [1.807, 2.05) is 4.90 Å². The van der Waals surface area contributed by atoms with E-state index in [-0.39, 0.29) is 42.7 Å². The Labute approximate surface area is 148 Å². The zero-order valence-corrected chi connectivity index (χ0v) is 14.3. The van der Waals surface area contributed by atoms with E-state index in [4.69, 9.17) is 0 Å². The van der Waals surface area contributed by atoms with Gasteiger partial charge in [0.05, 0.1) is 6.54 Å². The molecule has 1 saturated carbocycles. The van der Waals surface area contributed by atoms with Crippen LogP contribution in [0.1, 0.15) is 43.8 Å². The summed E-state index contributed by atoms with van der Waals surface area (Å²) in [5.74, 6) is -0.784. The Bertz CT molecular complexity index is 741. The van der Waals surface area contributed by atoms with E-state index in [0.717, 1.165) is 30.4 Å². The largest absolute Gasteiger partial charge is 0.451 e. The molecule has 10 heteroatoms. The van der Waals surface area contributed by atoms with Crippen molar-refractivity contribution in [2.45, 2.75) is 51.4 Å². The van der Waals surface area contributed by atoms with Gasteiger partial charge in [0.15, 0.2) is 5.82 Å². The molecular weight excluding hydrogens is 351 g/mol. The van der Waals surface area contributed by atoms with Crippen molar-refractivity contribution in [3.8, 4) is 0 Å². The average Bonchev–Trinajstić information content (AvgIpc) is 3.00. The van der Waals surface area contributed by atoms with Crippen molar-refractivity contribution >= 4 is 11.8 Å². The van der Waals surface area contributed by atoms with Gasteiger partial charge in [-0.1, -0.05) is 0 Å². The van der Waals surface area contributed by atoms with Crippen LogP contribution in [0.4, 0.5) is 13.2 Å². The first-order valence-corrected chi connectivity index (χ1v) is 8.82. The molecule has 2 fully saturated rings. The second kappa shape index (κ2) is 5.95. The standard InChI is InChI=1S/C16H20F3N5O2/c17-16(18,19)14-21-20-11-9-22(6-7-24(11)14)13(26)8-15(3-4-15)10-23-5-1-2-12(23)25/h1-10H2. The van der Waals surface area contributed by atoms with E-state index in [2.05, 4.69) is 10.2 Å². The average molecular weight is 371 g/mol. The van der Waals surface area contributed by atoms with Crippen LogP contribution in [0.3, 0.4) is 0 Å². The molecule has 1 aliphatic carbocycles. The quantitative estimate of drug-likeness (QED) is 0.803. The maximum absolute atomic E-state index is 12.9. The maximum Gasteiger partial charge on any atom is 0.451 e. The van der Waals surface area contributed by atoms with Gasteiger partial charge < -0.3 is 14.4 Å². The SMILES string of the molecule is O=C(CC1(CN2CCCC2=O)CC1)N1CCn2c(nnc2C(F)(F)F)C1. The lowest BCUT2D eigenvalue weighted by atomic mass is 10.0. The van der Waals surface area contributed by atoms with Crippen LogP contribution < -0.4 is 0 Å². The van der Waals surface area contributed by atoms with E-state index in [0.29, 0.717) is 19.4 Å². The van der Waals surface area contributed by atoms with Crippen molar-refractivity contribution in [1.82, 2.24) is 24.6 Å². The van der Waals surface area contributed by atoms with E-state index >= 15 is 0 Å². The lowest BCUT2D eigenvalue weighted by Gasteiger charge is -2.30. The van der Waals surface area contributed by atoms with E-state index in [1.165, 1.54) is 0 Å². The third-order valence-corrected chi connectivity index (χ3v) is 5.54. The fourth-order valence-electron chi connectivity index (χ4n) is 3.86.